The van der Waals surface area contributed by atoms with Gasteiger partial charge < -0.3 is 15.6 Å². The zero-order chi connectivity index (χ0) is 18.7. The average molecular weight is 366 g/mol. The highest BCUT2D eigenvalue weighted by atomic mass is 19.4. The van der Waals surface area contributed by atoms with E-state index in [9.17, 15) is 18.0 Å². The molecule has 1 aromatic carbocycles. The average Bonchev–Trinajstić information content (AvgIpc) is 3.04. The summed E-state index contributed by atoms with van der Waals surface area (Å²) < 4.78 is 40.6. The van der Waals surface area contributed by atoms with E-state index in [1.807, 2.05) is 4.57 Å². The van der Waals surface area contributed by atoms with E-state index in [-0.39, 0.29) is 11.8 Å². The van der Waals surface area contributed by atoms with Crippen LogP contribution in [0.2, 0.25) is 0 Å². The highest BCUT2D eigenvalue weighted by Crippen LogP contribution is 2.34. The van der Waals surface area contributed by atoms with Gasteiger partial charge in [-0.15, -0.1) is 0 Å². The molecule has 1 aliphatic heterocycles. The molecule has 0 aliphatic carbocycles. The first kappa shape index (κ1) is 18.4. The molecule has 0 bridgehead atoms. The minimum absolute atomic E-state index is 0.0350. The Labute approximate surface area is 149 Å². The molecule has 1 amide bonds. The van der Waals surface area contributed by atoms with Crippen molar-refractivity contribution in [2.45, 2.75) is 37.9 Å². The molecule has 1 atom stereocenters. The second-order valence-electron chi connectivity index (χ2n) is 6.45. The number of carbonyl (C=O) groups is 1. The molecule has 0 fully saturated rings. The number of nitrogens with one attached hydrogen (secondary N) is 1. The second kappa shape index (κ2) is 7.49. The van der Waals surface area contributed by atoms with Crippen molar-refractivity contribution in [2.75, 3.05) is 13.1 Å². The van der Waals surface area contributed by atoms with E-state index in [2.05, 4.69) is 10.3 Å². The number of nitrogens with two attached hydrogens (primary N) is 1. The third-order valence-corrected chi connectivity index (χ3v) is 4.58. The Morgan fingerprint density at radius 3 is 2.92 bits per heavy atom. The molecule has 0 saturated carbocycles. The number of halogens is 3. The van der Waals surface area contributed by atoms with Crippen LogP contribution < -0.4 is 11.1 Å². The number of amides is 1. The van der Waals surface area contributed by atoms with Crippen LogP contribution in [-0.2, 0) is 19.1 Å². The highest BCUT2D eigenvalue weighted by Gasteiger charge is 2.31. The number of hydrogen-bond donors (Lipinski definition) is 2. The van der Waals surface area contributed by atoms with E-state index in [0.29, 0.717) is 50.2 Å². The monoisotopic (exact) mass is 366 g/mol. The van der Waals surface area contributed by atoms with Crippen molar-refractivity contribution >= 4 is 5.91 Å². The van der Waals surface area contributed by atoms with Crippen molar-refractivity contribution in [1.82, 2.24) is 14.9 Å². The quantitative estimate of drug-likeness (QED) is 0.799. The third kappa shape index (κ3) is 4.07. The van der Waals surface area contributed by atoms with Gasteiger partial charge in [-0.2, -0.15) is 13.2 Å². The van der Waals surface area contributed by atoms with Gasteiger partial charge in [0.05, 0.1) is 5.56 Å². The molecule has 8 heteroatoms. The van der Waals surface area contributed by atoms with Gasteiger partial charge in [-0.3, -0.25) is 4.79 Å². The summed E-state index contributed by atoms with van der Waals surface area (Å²) in [6.45, 7) is 1.50. The number of imidazole rings is 1. The summed E-state index contributed by atoms with van der Waals surface area (Å²) in [5.41, 5.74) is 5.76. The van der Waals surface area contributed by atoms with E-state index < -0.39 is 11.7 Å². The molecule has 2 heterocycles. The Kier molecular flexibility index (Phi) is 5.31. The summed E-state index contributed by atoms with van der Waals surface area (Å²) in [4.78, 5) is 16.4. The molecule has 0 radical (unpaired) electrons. The normalized spacial score (nSPS) is 17.0. The van der Waals surface area contributed by atoms with Crippen LogP contribution >= 0.6 is 0 Å². The van der Waals surface area contributed by atoms with Crippen LogP contribution in [0.4, 0.5) is 13.2 Å². The molecule has 2 aromatic rings. The predicted molar refractivity (Wildman–Crippen MR) is 90.7 cm³/mol. The molecule has 140 valence electrons. The molecule has 5 nitrogen and oxygen atoms in total. The topological polar surface area (TPSA) is 72.9 Å². The molecule has 26 heavy (non-hydrogen) atoms. The van der Waals surface area contributed by atoms with Crippen molar-refractivity contribution in [1.29, 1.82) is 0 Å². The predicted octanol–water partition coefficient (Wildman–Crippen LogP) is 2.71. The Morgan fingerprint density at radius 2 is 2.19 bits per heavy atom. The lowest BCUT2D eigenvalue weighted by molar-refractivity contribution is -0.137. The number of aromatic nitrogens is 2. The van der Waals surface area contributed by atoms with Crippen LogP contribution in [0.3, 0.4) is 0 Å². The van der Waals surface area contributed by atoms with Crippen LogP contribution in [0.25, 0.3) is 0 Å². The first-order valence-electron chi connectivity index (χ1n) is 8.60. The Balaban J connectivity index is 1.73. The van der Waals surface area contributed by atoms with Gasteiger partial charge in [0.15, 0.2) is 0 Å². The van der Waals surface area contributed by atoms with E-state index in [4.69, 9.17) is 5.73 Å². The fourth-order valence-electron chi connectivity index (χ4n) is 3.19. The number of alkyl halides is 3. The standard InChI is InChI=1S/C18H21F3N4O/c19-18(20,21)14-4-1-3-12(9-14)13-5-6-16-24-15(11-25(16)10-13)17(26)23-8-2-7-22/h1,3-4,9,11,13H,2,5-8,10,22H2,(H,23,26). The molecule has 0 spiro atoms. The molecule has 3 N–H and O–H groups in total. The van der Waals surface area contributed by atoms with Gasteiger partial charge in [0.25, 0.3) is 5.91 Å². The van der Waals surface area contributed by atoms with Gasteiger partial charge in [0.1, 0.15) is 11.5 Å². The lowest BCUT2D eigenvalue weighted by Crippen LogP contribution is -2.26. The summed E-state index contributed by atoms with van der Waals surface area (Å²) in [6, 6.07) is 5.46. The number of benzene rings is 1. The van der Waals surface area contributed by atoms with Crippen LogP contribution in [0.1, 0.15) is 46.2 Å². The van der Waals surface area contributed by atoms with Crippen LogP contribution in [-0.4, -0.2) is 28.5 Å². The highest BCUT2D eigenvalue weighted by molar-refractivity contribution is 5.92. The smallest absolute Gasteiger partial charge is 0.351 e. The molecule has 1 unspecified atom stereocenters. The summed E-state index contributed by atoms with van der Waals surface area (Å²) in [7, 11) is 0. The van der Waals surface area contributed by atoms with Gasteiger partial charge >= 0.3 is 6.18 Å². The molecule has 3 rings (SSSR count). The third-order valence-electron chi connectivity index (χ3n) is 4.58. The Morgan fingerprint density at radius 1 is 1.38 bits per heavy atom. The van der Waals surface area contributed by atoms with Crippen LogP contribution in [0, 0.1) is 0 Å². The lowest BCUT2D eigenvalue weighted by Gasteiger charge is -2.24. The van der Waals surface area contributed by atoms with Crippen molar-refractivity contribution in [3.63, 3.8) is 0 Å². The van der Waals surface area contributed by atoms with E-state index in [1.54, 1.807) is 12.3 Å². The number of nitrogens with zero attached hydrogens (tertiary/aromatic N) is 2. The first-order valence-corrected chi connectivity index (χ1v) is 8.60. The largest absolute Gasteiger partial charge is 0.416 e. The maximum atomic E-state index is 12.9. The second-order valence-corrected chi connectivity index (χ2v) is 6.45. The van der Waals surface area contributed by atoms with Gasteiger partial charge in [0, 0.05) is 31.6 Å². The van der Waals surface area contributed by atoms with Crippen LogP contribution in [0.15, 0.2) is 30.5 Å². The van der Waals surface area contributed by atoms with E-state index >= 15 is 0 Å². The molecule has 1 aliphatic rings. The molecular weight excluding hydrogens is 345 g/mol. The zero-order valence-electron chi connectivity index (χ0n) is 14.2. The van der Waals surface area contributed by atoms with Crippen molar-refractivity contribution in [3.05, 3.63) is 53.1 Å². The summed E-state index contributed by atoms with van der Waals surface area (Å²) >= 11 is 0. The minimum Gasteiger partial charge on any atom is -0.351 e. The number of fused-ring (bicyclic) bond motifs is 1. The number of carbonyl (C=O) groups excluding carboxylic acids is 1. The number of rotatable bonds is 5. The summed E-state index contributed by atoms with van der Waals surface area (Å²) in [5, 5.41) is 2.76. The molecular formula is C18H21F3N4O. The summed E-state index contributed by atoms with van der Waals surface area (Å²) in [5.74, 6) is 0.500. The fraction of sp³-hybridized carbons (Fsp3) is 0.444. The SMILES string of the molecule is NCCCNC(=O)c1cn2c(n1)CCC(c1cccc(C(F)(F)F)c1)C2. The molecule has 0 saturated heterocycles. The minimum atomic E-state index is -4.35. The maximum Gasteiger partial charge on any atom is 0.416 e. The summed E-state index contributed by atoms with van der Waals surface area (Å²) in [6.07, 6.45) is -0.660. The number of aryl methyl sites for hydroxylation is 1. The van der Waals surface area contributed by atoms with E-state index in [1.165, 1.54) is 12.1 Å². The van der Waals surface area contributed by atoms with Crippen molar-refractivity contribution in [2.24, 2.45) is 5.73 Å². The van der Waals surface area contributed by atoms with Gasteiger partial charge in [0.2, 0.25) is 0 Å². The van der Waals surface area contributed by atoms with E-state index in [0.717, 1.165) is 11.9 Å². The fourth-order valence-corrected chi connectivity index (χ4v) is 3.19. The van der Waals surface area contributed by atoms with Crippen molar-refractivity contribution < 1.29 is 18.0 Å². The first-order chi connectivity index (χ1) is 12.4. The van der Waals surface area contributed by atoms with Gasteiger partial charge in [-0.25, -0.2) is 4.98 Å². The maximum absolute atomic E-state index is 12.9. The van der Waals surface area contributed by atoms with Gasteiger partial charge in [-0.1, -0.05) is 18.2 Å². The Hall–Kier alpha value is -2.35. The zero-order valence-corrected chi connectivity index (χ0v) is 14.2. The molecule has 1 aromatic heterocycles. The number of hydrogen-bond acceptors (Lipinski definition) is 3. The van der Waals surface area contributed by atoms with Crippen molar-refractivity contribution in [3.8, 4) is 0 Å². The Bertz CT molecular complexity index is 785. The van der Waals surface area contributed by atoms with Crippen LogP contribution in [0.5, 0.6) is 0 Å². The van der Waals surface area contributed by atoms with Gasteiger partial charge in [-0.05, 0) is 31.0 Å². The lowest BCUT2D eigenvalue weighted by atomic mass is 9.90.